The number of carbonyl (C=O) groups is 1. The highest BCUT2D eigenvalue weighted by atomic mass is 16.4. The normalized spacial score (nSPS) is 26.5. The van der Waals surface area contributed by atoms with E-state index < -0.39 is 11.5 Å². The van der Waals surface area contributed by atoms with E-state index in [1.165, 1.54) is 19.3 Å². The maximum absolute atomic E-state index is 10.9. The molecule has 1 saturated heterocycles. The van der Waals surface area contributed by atoms with Crippen LogP contribution >= 0.6 is 0 Å². The molecule has 1 heterocycles. The third-order valence-electron chi connectivity index (χ3n) is 3.11. The second-order valence-electron chi connectivity index (χ2n) is 4.90. The molecule has 4 heteroatoms. The highest BCUT2D eigenvalue weighted by Gasteiger charge is 2.33. The van der Waals surface area contributed by atoms with Crippen LogP contribution in [0.1, 0.15) is 33.1 Å². The first-order chi connectivity index (χ1) is 6.95. The Balaban J connectivity index is 2.38. The fourth-order valence-corrected chi connectivity index (χ4v) is 2.23. The topological polar surface area (TPSA) is 66.6 Å². The van der Waals surface area contributed by atoms with E-state index >= 15 is 0 Å². The van der Waals surface area contributed by atoms with Crippen LogP contribution in [0.25, 0.3) is 0 Å². The number of hydrogen-bond donors (Lipinski definition) is 2. The fraction of sp³-hybridized carbons (Fsp3) is 0.909. The minimum atomic E-state index is -1.11. The Hall–Kier alpha value is -0.610. The van der Waals surface area contributed by atoms with Crippen LogP contribution in [0.2, 0.25) is 0 Å². The molecule has 88 valence electrons. The Bertz CT molecular complexity index is 229. The van der Waals surface area contributed by atoms with E-state index in [1.54, 1.807) is 6.92 Å². The van der Waals surface area contributed by atoms with Crippen LogP contribution in [0, 0.1) is 5.92 Å². The van der Waals surface area contributed by atoms with Gasteiger partial charge in [-0.25, -0.2) is 0 Å². The van der Waals surface area contributed by atoms with Crippen LogP contribution in [0.4, 0.5) is 0 Å². The Morgan fingerprint density at radius 3 is 2.87 bits per heavy atom. The smallest absolute Gasteiger partial charge is 0.324 e. The maximum Gasteiger partial charge on any atom is 0.324 e. The van der Waals surface area contributed by atoms with Gasteiger partial charge in [0.15, 0.2) is 0 Å². The van der Waals surface area contributed by atoms with E-state index in [1.807, 2.05) is 0 Å². The highest BCUT2D eigenvalue weighted by Crippen LogP contribution is 2.21. The summed E-state index contributed by atoms with van der Waals surface area (Å²) in [6, 6.07) is 0. The van der Waals surface area contributed by atoms with Gasteiger partial charge in [-0.05, 0) is 32.2 Å². The molecule has 0 radical (unpaired) electrons. The van der Waals surface area contributed by atoms with Crippen molar-refractivity contribution in [2.75, 3.05) is 19.6 Å². The van der Waals surface area contributed by atoms with Crippen LogP contribution in [-0.2, 0) is 4.79 Å². The van der Waals surface area contributed by atoms with Gasteiger partial charge in [0.05, 0.1) is 0 Å². The first kappa shape index (κ1) is 12.5. The molecule has 0 aromatic rings. The summed E-state index contributed by atoms with van der Waals surface area (Å²) in [4.78, 5) is 13.0. The number of carboxylic acids is 1. The molecular formula is C11H22N2O2. The summed E-state index contributed by atoms with van der Waals surface area (Å²) >= 11 is 0. The van der Waals surface area contributed by atoms with Crippen LogP contribution < -0.4 is 5.73 Å². The third-order valence-corrected chi connectivity index (χ3v) is 3.11. The van der Waals surface area contributed by atoms with Gasteiger partial charge in [-0.3, -0.25) is 4.79 Å². The Morgan fingerprint density at radius 2 is 2.33 bits per heavy atom. The lowest BCUT2D eigenvalue weighted by atomic mass is 10.0. The summed E-state index contributed by atoms with van der Waals surface area (Å²) in [7, 11) is 0. The predicted octanol–water partition coefficient (Wildman–Crippen LogP) is 0.910. The predicted molar refractivity (Wildman–Crippen MR) is 59.7 cm³/mol. The largest absolute Gasteiger partial charge is 0.480 e. The molecule has 0 spiro atoms. The number of hydrogen-bond acceptors (Lipinski definition) is 3. The quantitative estimate of drug-likeness (QED) is 0.714. The summed E-state index contributed by atoms with van der Waals surface area (Å²) in [5.41, 5.74) is 4.61. The van der Waals surface area contributed by atoms with E-state index in [-0.39, 0.29) is 0 Å². The number of likely N-dealkylation sites (tertiary alicyclic amines) is 1. The van der Waals surface area contributed by atoms with Crippen molar-refractivity contribution in [1.82, 2.24) is 4.90 Å². The van der Waals surface area contributed by atoms with Crippen molar-refractivity contribution in [2.45, 2.75) is 38.6 Å². The van der Waals surface area contributed by atoms with Gasteiger partial charge in [0.1, 0.15) is 5.54 Å². The first-order valence-electron chi connectivity index (χ1n) is 5.70. The summed E-state index contributed by atoms with van der Waals surface area (Å²) < 4.78 is 0. The van der Waals surface area contributed by atoms with Crippen LogP contribution in [0.15, 0.2) is 0 Å². The standard InChI is InChI=1S/C11H22N2O2/c1-3-4-9-5-6-13(7-9)8-11(2,12)10(14)15/h9H,3-8,12H2,1-2H3,(H,14,15). The van der Waals surface area contributed by atoms with E-state index in [0.717, 1.165) is 19.0 Å². The van der Waals surface area contributed by atoms with Gasteiger partial charge in [0, 0.05) is 13.1 Å². The molecule has 0 amide bonds. The summed E-state index contributed by atoms with van der Waals surface area (Å²) in [6.07, 6.45) is 3.63. The summed E-state index contributed by atoms with van der Waals surface area (Å²) in [6.45, 7) is 6.23. The monoisotopic (exact) mass is 214 g/mol. The molecule has 15 heavy (non-hydrogen) atoms. The number of nitrogens with zero attached hydrogens (tertiary/aromatic N) is 1. The van der Waals surface area contributed by atoms with Gasteiger partial charge >= 0.3 is 5.97 Å². The van der Waals surface area contributed by atoms with Gasteiger partial charge in [-0.15, -0.1) is 0 Å². The second-order valence-corrected chi connectivity index (χ2v) is 4.90. The van der Waals surface area contributed by atoms with Gasteiger partial charge < -0.3 is 15.7 Å². The average molecular weight is 214 g/mol. The molecule has 1 fully saturated rings. The van der Waals surface area contributed by atoms with Crippen LogP contribution in [0.3, 0.4) is 0 Å². The van der Waals surface area contributed by atoms with E-state index in [2.05, 4.69) is 11.8 Å². The van der Waals surface area contributed by atoms with Crippen molar-refractivity contribution in [3.05, 3.63) is 0 Å². The van der Waals surface area contributed by atoms with Crippen molar-refractivity contribution in [3.63, 3.8) is 0 Å². The lowest BCUT2D eigenvalue weighted by molar-refractivity contribution is -0.143. The molecular weight excluding hydrogens is 192 g/mol. The Kier molecular flexibility index (Phi) is 4.11. The first-order valence-corrected chi connectivity index (χ1v) is 5.70. The van der Waals surface area contributed by atoms with Crippen LogP contribution in [0.5, 0.6) is 0 Å². The fourth-order valence-electron chi connectivity index (χ4n) is 2.23. The zero-order chi connectivity index (χ0) is 11.5. The number of aliphatic carboxylic acids is 1. The van der Waals surface area contributed by atoms with Crippen molar-refractivity contribution in [3.8, 4) is 0 Å². The SMILES string of the molecule is CCCC1CCN(CC(C)(N)C(=O)O)C1. The Morgan fingerprint density at radius 1 is 1.67 bits per heavy atom. The summed E-state index contributed by atoms with van der Waals surface area (Å²) in [5.74, 6) is -0.180. The molecule has 1 aliphatic heterocycles. The molecule has 0 aromatic heterocycles. The molecule has 2 unspecified atom stereocenters. The maximum atomic E-state index is 10.9. The molecule has 1 aliphatic rings. The van der Waals surface area contributed by atoms with Gasteiger partial charge in [-0.1, -0.05) is 13.3 Å². The zero-order valence-corrected chi connectivity index (χ0v) is 9.70. The minimum absolute atomic E-state index is 0.461. The van der Waals surface area contributed by atoms with Crippen LogP contribution in [-0.4, -0.2) is 41.1 Å². The highest BCUT2D eigenvalue weighted by molar-refractivity contribution is 5.78. The van der Waals surface area contributed by atoms with Crippen molar-refractivity contribution in [2.24, 2.45) is 11.7 Å². The van der Waals surface area contributed by atoms with Crippen molar-refractivity contribution in [1.29, 1.82) is 0 Å². The summed E-state index contributed by atoms with van der Waals surface area (Å²) in [5, 5.41) is 8.92. The molecule has 2 atom stereocenters. The van der Waals surface area contributed by atoms with Crippen molar-refractivity contribution < 1.29 is 9.90 Å². The van der Waals surface area contributed by atoms with Crippen molar-refractivity contribution >= 4 is 5.97 Å². The number of carboxylic acid groups (broad SMARTS) is 1. The average Bonchev–Trinajstić information content (AvgIpc) is 2.52. The number of rotatable bonds is 5. The third kappa shape index (κ3) is 3.47. The lowest BCUT2D eigenvalue weighted by Gasteiger charge is -2.26. The van der Waals surface area contributed by atoms with Gasteiger partial charge in [0.25, 0.3) is 0 Å². The molecule has 0 aliphatic carbocycles. The van der Waals surface area contributed by atoms with E-state index in [9.17, 15) is 4.79 Å². The molecule has 0 aromatic carbocycles. The second kappa shape index (κ2) is 4.94. The minimum Gasteiger partial charge on any atom is -0.480 e. The molecule has 3 N–H and O–H groups in total. The molecule has 0 bridgehead atoms. The lowest BCUT2D eigenvalue weighted by Crippen LogP contribution is -2.53. The molecule has 4 nitrogen and oxygen atoms in total. The van der Waals surface area contributed by atoms with Gasteiger partial charge in [0.2, 0.25) is 0 Å². The molecule has 1 rings (SSSR count). The van der Waals surface area contributed by atoms with E-state index in [4.69, 9.17) is 10.8 Å². The van der Waals surface area contributed by atoms with Gasteiger partial charge in [-0.2, -0.15) is 0 Å². The zero-order valence-electron chi connectivity index (χ0n) is 9.70. The Labute approximate surface area is 91.4 Å². The van der Waals surface area contributed by atoms with E-state index in [0.29, 0.717) is 6.54 Å². The molecule has 0 saturated carbocycles. The number of nitrogens with two attached hydrogens (primary N) is 1.